The molecule has 0 unspecified atom stereocenters. The van der Waals surface area contributed by atoms with Gasteiger partial charge in [0, 0.05) is 23.0 Å². The van der Waals surface area contributed by atoms with Crippen LogP contribution in [0.25, 0.3) is 22.4 Å². The van der Waals surface area contributed by atoms with Crippen LogP contribution in [-0.4, -0.2) is 35.1 Å². The van der Waals surface area contributed by atoms with Gasteiger partial charge in [0.25, 0.3) is 5.91 Å². The van der Waals surface area contributed by atoms with Crippen LogP contribution >= 0.6 is 11.6 Å². The molecule has 0 spiro atoms. The maximum atomic E-state index is 12.7. The number of fused-ring (bicyclic) bond motifs is 1. The molecular formula is C20H16ClN3O4. The zero-order valence-electron chi connectivity index (χ0n) is 15.2. The first kappa shape index (κ1) is 18.1. The van der Waals surface area contributed by atoms with E-state index in [9.17, 15) is 4.79 Å². The quantitative estimate of drug-likeness (QED) is 0.496. The molecule has 142 valence electrons. The first-order valence-corrected chi connectivity index (χ1v) is 8.83. The third-order valence-electron chi connectivity index (χ3n) is 4.23. The number of nitrogens with zero attached hydrogens (tertiary/aromatic N) is 3. The van der Waals surface area contributed by atoms with E-state index in [2.05, 4.69) is 10.1 Å². The molecule has 0 saturated carbocycles. The summed E-state index contributed by atoms with van der Waals surface area (Å²) in [5, 5.41) is 5.37. The van der Waals surface area contributed by atoms with Gasteiger partial charge in [0.05, 0.1) is 7.11 Å². The van der Waals surface area contributed by atoms with Crippen molar-refractivity contribution in [3.63, 3.8) is 0 Å². The summed E-state index contributed by atoms with van der Waals surface area (Å²) in [6.45, 7) is 0.146. The minimum atomic E-state index is -0.301. The summed E-state index contributed by atoms with van der Waals surface area (Å²) in [5.74, 6) is 1.23. The van der Waals surface area contributed by atoms with Crippen LogP contribution in [0.5, 0.6) is 5.75 Å². The van der Waals surface area contributed by atoms with E-state index in [1.165, 1.54) is 4.90 Å². The number of aromatic nitrogens is 2. The van der Waals surface area contributed by atoms with Crippen molar-refractivity contribution in [3.8, 4) is 17.1 Å². The Bertz CT molecular complexity index is 1130. The molecule has 8 heteroatoms. The predicted molar refractivity (Wildman–Crippen MR) is 103 cm³/mol. The summed E-state index contributed by atoms with van der Waals surface area (Å²) in [7, 11) is 3.19. The number of furan rings is 1. The molecule has 2 heterocycles. The van der Waals surface area contributed by atoms with E-state index in [1.54, 1.807) is 50.6 Å². The summed E-state index contributed by atoms with van der Waals surface area (Å²) < 4.78 is 16.2. The number of benzene rings is 2. The van der Waals surface area contributed by atoms with Crippen LogP contribution in [0.1, 0.15) is 16.4 Å². The van der Waals surface area contributed by atoms with Crippen molar-refractivity contribution >= 4 is 28.5 Å². The summed E-state index contributed by atoms with van der Waals surface area (Å²) in [6, 6.07) is 14.3. The van der Waals surface area contributed by atoms with Crippen LogP contribution in [0.15, 0.2) is 57.5 Å². The third-order valence-corrected chi connectivity index (χ3v) is 4.48. The molecule has 0 aliphatic rings. The molecule has 2 aromatic carbocycles. The molecule has 1 amide bonds. The molecule has 2 aromatic heterocycles. The minimum Gasteiger partial charge on any atom is -0.493 e. The highest BCUT2D eigenvalue weighted by Crippen LogP contribution is 2.29. The number of hydrogen-bond donors (Lipinski definition) is 0. The van der Waals surface area contributed by atoms with Gasteiger partial charge in [0.1, 0.15) is 6.54 Å². The van der Waals surface area contributed by atoms with Crippen molar-refractivity contribution < 1.29 is 18.5 Å². The van der Waals surface area contributed by atoms with Gasteiger partial charge in [-0.05, 0) is 36.4 Å². The molecule has 28 heavy (non-hydrogen) atoms. The van der Waals surface area contributed by atoms with E-state index in [1.807, 2.05) is 12.1 Å². The Labute approximate surface area is 165 Å². The van der Waals surface area contributed by atoms with Gasteiger partial charge in [0.15, 0.2) is 17.1 Å². The van der Waals surface area contributed by atoms with Crippen LogP contribution in [0, 0.1) is 0 Å². The zero-order valence-corrected chi connectivity index (χ0v) is 15.9. The van der Waals surface area contributed by atoms with E-state index in [-0.39, 0.29) is 18.2 Å². The Balaban J connectivity index is 1.51. The SMILES string of the molecule is COc1cccc2cc(C(=O)N(C)Cc3nc(-c4ccc(Cl)cc4)no3)oc12. The Kier molecular flexibility index (Phi) is 4.75. The first-order chi connectivity index (χ1) is 13.5. The van der Waals surface area contributed by atoms with Crippen molar-refractivity contribution in [2.75, 3.05) is 14.2 Å². The van der Waals surface area contributed by atoms with Gasteiger partial charge >= 0.3 is 0 Å². The number of para-hydroxylation sites is 1. The molecule has 0 saturated heterocycles. The zero-order chi connectivity index (χ0) is 19.7. The number of ether oxygens (including phenoxy) is 1. The molecule has 7 nitrogen and oxygen atoms in total. The van der Waals surface area contributed by atoms with Crippen LogP contribution in [-0.2, 0) is 6.54 Å². The second-order valence-corrected chi connectivity index (χ2v) is 6.61. The van der Waals surface area contributed by atoms with Crippen LogP contribution in [0.3, 0.4) is 0 Å². The fourth-order valence-electron chi connectivity index (χ4n) is 2.80. The largest absolute Gasteiger partial charge is 0.493 e. The maximum Gasteiger partial charge on any atom is 0.289 e. The third kappa shape index (κ3) is 3.44. The van der Waals surface area contributed by atoms with E-state index < -0.39 is 0 Å². The Morgan fingerprint density at radius 1 is 1.21 bits per heavy atom. The summed E-state index contributed by atoms with van der Waals surface area (Å²) in [5.41, 5.74) is 1.31. The lowest BCUT2D eigenvalue weighted by Gasteiger charge is -2.12. The Morgan fingerprint density at radius 2 is 2.00 bits per heavy atom. The topological polar surface area (TPSA) is 81.6 Å². The maximum absolute atomic E-state index is 12.7. The molecule has 0 aliphatic heterocycles. The highest BCUT2D eigenvalue weighted by molar-refractivity contribution is 6.30. The van der Waals surface area contributed by atoms with E-state index >= 15 is 0 Å². The van der Waals surface area contributed by atoms with Gasteiger partial charge in [0.2, 0.25) is 11.7 Å². The van der Waals surface area contributed by atoms with Crippen LogP contribution in [0.4, 0.5) is 0 Å². The highest BCUT2D eigenvalue weighted by atomic mass is 35.5. The molecule has 0 N–H and O–H groups in total. The van der Waals surface area contributed by atoms with Gasteiger partial charge in [-0.1, -0.05) is 28.9 Å². The average molecular weight is 398 g/mol. The van der Waals surface area contributed by atoms with Crippen molar-refractivity contribution in [2.45, 2.75) is 6.54 Å². The number of rotatable bonds is 5. The smallest absolute Gasteiger partial charge is 0.289 e. The lowest BCUT2D eigenvalue weighted by Crippen LogP contribution is -2.25. The number of hydrogen-bond acceptors (Lipinski definition) is 6. The molecule has 0 radical (unpaired) electrons. The van der Waals surface area contributed by atoms with Gasteiger partial charge in [-0.15, -0.1) is 0 Å². The Morgan fingerprint density at radius 3 is 2.75 bits per heavy atom. The van der Waals surface area contributed by atoms with Crippen LogP contribution in [0.2, 0.25) is 5.02 Å². The molecule has 4 rings (SSSR count). The van der Waals surface area contributed by atoms with Crippen molar-refractivity contribution in [1.29, 1.82) is 0 Å². The number of halogens is 1. The van der Waals surface area contributed by atoms with Crippen molar-refractivity contribution in [3.05, 3.63) is 65.2 Å². The van der Waals surface area contributed by atoms with E-state index in [0.29, 0.717) is 28.1 Å². The number of carbonyl (C=O) groups excluding carboxylic acids is 1. The fourth-order valence-corrected chi connectivity index (χ4v) is 2.93. The lowest BCUT2D eigenvalue weighted by atomic mass is 10.2. The van der Waals surface area contributed by atoms with Crippen LogP contribution < -0.4 is 4.74 Å². The molecule has 0 aliphatic carbocycles. The second-order valence-electron chi connectivity index (χ2n) is 6.17. The van der Waals surface area contributed by atoms with Gasteiger partial charge in [-0.3, -0.25) is 4.79 Å². The van der Waals surface area contributed by atoms with E-state index in [4.69, 9.17) is 25.3 Å². The fraction of sp³-hybridized carbons (Fsp3) is 0.150. The molecule has 4 aromatic rings. The number of carbonyl (C=O) groups is 1. The number of methoxy groups -OCH3 is 1. The Hall–Kier alpha value is -3.32. The minimum absolute atomic E-state index is 0.146. The van der Waals surface area contributed by atoms with Crippen molar-refractivity contribution in [2.24, 2.45) is 0 Å². The molecule has 0 bridgehead atoms. The van der Waals surface area contributed by atoms with E-state index in [0.717, 1.165) is 10.9 Å². The molecule has 0 atom stereocenters. The highest BCUT2D eigenvalue weighted by Gasteiger charge is 2.20. The summed E-state index contributed by atoms with van der Waals surface area (Å²) >= 11 is 5.89. The predicted octanol–water partition coefficient (Wildman–Crippen LogP) is 4.42. The average Bonchev–Trinajstić information content (AvgIpc) is 3.34. The van der Waals surface area contributed by atoms with Crippen molar-refractivity contribution in [1.82, 2.24) is 15.0 Å². The molecule has 0 fully saturated rings. The summed E-state index contributed by atoms with van der Waals surface area (Å²) in [6.07, 6.45) is 0. The summed E-state index contributed by atoms with van der Waals surface area (Å²) in [4.78, 5) is 18.5. The normalized spacial score (nSPS) is 11.0. The number of amides is 1. The standard InChI is InChI=1S/C20H16ClN3O4/c1-24(11-17-22-19(23-28-17)12-6-8-14(21)9-7-12)20(25)16-10-13-4-3-5-15(26-2)18(13)27-16/h3-10H,11H2,1-2H3. The van der Waals surface area contributed by atoms with Gasteiger partial charge < -0.3 is 18.6 Å². The first-order valence-electron chi connectivity index (χ1n) is 8.45. The second kappa shape index (κ2) is 7.36. The molecular weight excluding hydrogens is 382 g/mol. The lowest BCUT2D eigenvalue weighted by molar-refractivity contribution is 0.0740. The van der Waals surface area contributed by atoms with Gasteiger partial charge in [-0.25, -0.2) is 0 Å². The monoisotopic (exact) mass is 397 g/mol. The van der Waals surface area contributed by atoms with Gasteiger partial charge in [-0.2, -0.15) is 4.98 Å².